The topological polar surface area (TPSA) is 69.4 Å². The number of hydrogen-bond donors (Lipinski definition) is 2. The van der Waals surface area contributed by atoms with Crippen LogP contribution in [0.5, 0.6) is 11.6 Å². The Balaban J connectivity index is 2.17. The summed E-state index contributed by atoms with van der Waals surface area (Å²) in [5.41, 5.74) is 7.28. The molecule has 3 N–H and O–H groups in total. The largest absolute Gasteiger partial charge is 0.494 e. The number of pyridine rings is 1. The van der Waals surface area contributed by atoms with E-state index in [2.05, 4.69) is 10.3 Å². The van der Waals surface area contributed by atoms with Crippen LogP contribution in [0.3, 0.4) is 0 Å². The second kappa shape index (κ2) is 6.83. The first-order chi connectivity index (χ1) is 10.1. The number of anilines is 3. The Bertz CT molecular complexity index is 600. The predicted molar refractivity (Wildman–Crippen MR) is 85.3 cm³/mol. The molecule has 1 aromatic heterocycles. The lowest BCUT2D eigenvalue weighted by Crippen LogP contribution is -2.09. The second-order valence-corrected chi connectivity index (χ2v) is 4.84. The zero-order valence-electron chi connectivity index (χ0n) is 12.6. The summed E-state index contributed by atoms with van der Waals surface area (Å²) >= 11 is 0. The van der Waals surface area contributed by atoms with Crippen LogP contribution in [-0.2, 0) is 0 Å². The van der Waals surface area contributed by atoms with Crippen molar-refractivity contribution in [2.45, 2.75) is 26.9 Å². The molecule has 1 heterocycles. The maximum absolute atomic E-state index is 5.86. The fourth-order valence-corrected chi connectivity index (χ4v) is 1.82. The van der Waals surface area contributed by atoms with Crippen molar-refractivity contribution in [1.82, 2.24) is 4.98 Å². The van der Waals surface area contributed by atoms with Gasteiger partial charge in [0, 0.05) is 11.8 Å². The average molecular weight is 287 g/mol. The molecule has 0 aliphatic heterocycles. The quantitative estimate of drug-likeness (QED) is 0.849. The van der Waals surface area contributed by atoms with Crippen molar-refractivity contribution >= 4 is 17.2 Å². The van der Waals surface area contributed by atoms with E-state index in [-0.39, 0.29) is 6.10 Å². The number of rotatable bonds is 6. The molecule has 0 amide bonds. The molecule has 112 valence electrons. The third-order valence-electron chi connectivity index (χ3n) is 2.65. The molecule has 5 heteroatoms. The molecule has 0 aliphatic carbocycles. The molecule has 0 saturated heterocycles. The minimum Gasteiger partial charge on any atom is -0.494 e. The van der Waals surface area contributed by atoms with Crippen LogP contribution in [0.2, 0.25) is 0 Å². The van der Waals surface area contributed by atoms with Crippen molar-refractivity contribution in [1.29, 1.82) is 0 Å². The van der Waals surface area contributed by atoms with Gasteiger partial charge >= 0.3 is 0 Å². The predicted octanol–water partition coefficient (Wildman–Crippen LogP) is 3.59. The highest BCUT2D eigenvalue weighted by Crippen LogP contribution is 2.25. The maximum atomic E-state index is 5.86. The molecule has 0 radical (unpaired) electrons. The molecular weight excluding hydrogens is 266 g/mol. The minimum absolute atomic E-state index is 0.0244. The van der Waals surface area contributed by atoms with Crippen molar-refractivity contribution < 1.29 is 9.47 Å². The first-order valence-electron chi connectivity index (χ1n) is 7.01. The summed E-state index contributed by atoms with van der Waals surface area (Å²) in [7, 11) is 0. The van der Waals surface area contributed by atoms with E-state index in [9.17, 15) is 0 Å². The van der Waals surface area contributed by atoms with Crippen molar-refractivity contribution in [3.63, 3.8) is 0 Å². The highest BCUT2D eigenvalue weighted by Gasteiger charge is 2.07. The Morgan fingerprint density at radius 3 is 2.76 bits per heavy atom. The van der Waals surface area contributed by atoms with E-state index in [0.717, 1.165) is 11.4 Å². The summed E-state index contributed by atoms with van der Waals surface area (Å²) in [6.07, 6.45) is 0.0244. The van der Waals surface area contributed by atoms with Crippen molar-refractivity contribution in [3.05, 3.63) is 36.4 Å². The van der Waals surface area contributed by atoms with Crippen LogP contribution in [0.1, 0.15) is 20.8 Å². The van der Waals surface area contributed by atoms with Gasteiger partial charge in [0.05, 0.1) is 18.4 Å². The highest BCUT2D eigenvalue weighted by atomic mass is 16.5. The van der Waals surface area contributed by atoms with Crippen LogP contribution >= 0.6 is 0 Å². The third kappa shape index (κ3) is 4.27. The summed E-state index contributed by atoms with van der Waals surface area (Å²) in [5.74, 6) is 1.93. The lowest BCUT2D eigenvalue weighted by molar-refractivity contribution is 0.234. The van der Waals surface area contributed by atoms with Crippen LogP contribution in [0.4, 0.5) is 17.2 Å². The van der Waals surface area contributed by atoms with Gasteiger partial charge in [0.1, 0.15) is 11.6 Å². The Morgan fingerprint density at radius 2 is 2.05 bits per heavy atom. The molecule has 0 saturated carbocycles. The maximum Gasteiger partial charge on any atom is 0.239 e. The Kier molecular flexibility index (Phi) is 4.87. The molecule has 21 heavy (non-hydrogen) atoms. The zero-order valence-corrected chi connectivity index (χ0v) is 12.6. The van der Waals surface area contributed by atoms with Gasteiger partial charge in [-0.3, -0.25) is 0 Å². The molecule has 0 spiro atoms. The van der Waals surface area contributed by atoms with Crippen LogP contribution in [0.25, 0.3) is 0 Å². The number of aromatic nitrogens is 1. The lowest BCUT2D eigenvalue weighted by atomic mass is 10.3. The van der Waals surface area contributed by atoms with Gasteiger partial charge < -0.3 is 20.5 Å². The summed E-state index contributed by atoms with van der Waals surface area (Å²) in [6.45, 7) is 6.46. The monoisotopic (exact) mass is 287 g/mol. The van der Waals surface area contributed by atoms with Gasteiger partial charge in [0.15, 0.2) is 0 Å². The van der Waals surface area contributed by atoms with Gasteiger partial charge in [-0.05, 0) is 45.0 Å². The van der Waals surface area contributed by atoms with Crippen LogP contribution in [0.15, 0.2) is 36.4 Å². The van der Waals surface area contributed by atoms with Gasteiger partial charge in [0.25, 0.3) is 0 Å². The van der Waals surface area contributed by atoms with E-state index in [4.69, 9.17) is 15.2 Å². The summed E-state index contributed by atoms with van der Waals surface area (Å²) < 4.78 is 11.1. The Morgan fingerprint density at radius 1 is 1.24 bits per heavy atom. The smallest absolute Gasteiger partial charge is 0.239 e. The molecule has 0 unspecified atom stereocenters. The number of nitrogens with zero attached hydrogens (tertiary/aromatic N) is 1. The van der Waals surface area contributed by atoms with Gasteiger partial charge in [-0.25, -0.2) is 0 Å². The minimum atomic E-state index is 0.0244. The van der Waals surface area contributed by atoms with Gasteiger partial charge in [-0.1, -0.05) is 6.07 Å². The van der Waals surface area contributed by atoms with E-state index in [1.54, 1.807) is 6.07 Å². The van der Waals surface area contributed by atoms with Crippen molar-refractivity contribution in [2.24, 2.45) is 0 Å². The van der Waals surface area contributed by atoms with Crippen molar-refractivity contribution in [2.75, 3.05) is 17.7 Å². The molecule has 0 atom stereocenters. The van der Waals surface area contributed by atoms with E-state index < -0.39 is 0 Å². The summed E-state index contributed by atoms with van der Waals surface area (Å²) in [5, 5.41) is 3.22. The molecule has 0 fully saturated rings. The van der Waals surface area contributed by atoms with E-state index in [1.807, 2.05) is 51.1 Å². The highest BCUT2D eigenvalue weighted by molar-refractivity contribution is 5.61. The van der Waals surface area contributed by atoms with Gasteiger partial charge in [-0.15, -0.1) is 0 Å². The van der Waals surface area contributed by atoms with Gasteiger partial charge in [0.2, 0.25) is 5.88 Å². The number of benzene rings is 1. The Labute approximate surface area is 125 Å². The first-order valence-corrected chi connectivity index (χ1v) is 7.01. The number of nitrogens with two attached hydrogens (primary N) is 1. The normalized spacial score (nSPS) is 10.5. The molecule has 2 rings (SSSR count). The fraction of sp³-hybridized carbons (Fsp3) is 0.312. The van der Waals surface area contributed by atoms with Crippen molar-refractivity contribution in [3.8, 4) is 11.6 Å². The molecule has 2 aromatic rings. The molecule has 0 bridgehead atoms. The van der Waals surface area contributed by atoms with Crippen LogP contribution < -0.4 is 20.5 Å². The fourth-order valence-electron chi connectivity index (χ4n) is 1.82. The second-order valence-electron chi connectivity index (χ2n) is 4.84. The van der Waals surface area contributed by atoms with E-state index in [1.165, 1.54) is 0 Å². The molecule has 5 nitrogen and oxygen atoms in total. The molecular formula is C16H21N3O2. The lowest BCUT2D eigenvalue weighted by Gasteiger charge is -2.13. The molecule has 0 aliphatic rings. The standard InChI is InChI=1S/C16H21N3O2/c1-4-20-13-7-5-6-12(10-13)18-15-9-8-14(17)16(19-15)21-11(2)3/h5-11H,4,17H2,1-3H3,(H,18,19). The number of ether oxygens (including phenoxy) is 2. The number of nitrogen functional groups attached to an aromatic ring is 1. The van der Waals surface area contributed by atoms with Crippen LogP contribution in [-0.4, -0.2) is 17.7 Å². The summed E-state index contributed by atoms with van der Waals surface area (Å²) in [4.78, 5) is 4.38. The Hall–Kier alpha value is -2.43. The number of nitrogens with one attached hydrogen (secondary N) is 1. The number of hydrogen-bond acceptors (Lipinski definition) is 5. The zero-order chi connectivity index (χ0) is 15.2. The third-order valence-corrected chi connectivity index (χ3v) is 2.65. The summed E-state index contributed by atoms with van der Waals surface area (Å²) in [6, 6.07) is 11.3. The average Bonchev–Trinajstić information content (AvgIpc) is 2.43. The van der Waals surface area contributed by atoms with E-state index in [0.29, 0.717) is 24.0 Å². The molecule has 1 aromatic carbocycles. The van der Waals surface area contributed by atoms with E-state index >= 15 is 0 Å². The van der Waals surface area contributed by atoms with Gasteiger partial charge in [-0.2, -0.15) is 4.98 Å². The SMILES string of the molecule is CCOc1cccc(Nc2ccc(N)c(OC(C)C)n2)c1. The van der Waals surface area contributed by atoms with Crippen LogP contribution in [0, 0.1) is 0 Å². The first kappa shape index (κ1) is 15.0.